The Bertz CT molecular complexity index is 825. The Kier molecular flexibility index (Phi) is 3.88. The average molecular weight is 291 g/mol. The van der Waals surface area contributed by atoms with Crippen molar-refractivity contribution in [3.8, 4) is 11.1 Å². The van der Waals surface area contributed by atoms with Gasteiger partial charge in [0.2, 0.25) is 0 Å². The summed E-state index contributed by atoms with van der Waals surface area (Å²) in [6.45, 7) is 4.14. The van der Waals surface area contributed by atoms with Gasteiger partial charge in [0.1, 0.15) is 0 Å². The molecule has 0 fully saturated rings. The molecule has 0 radical (unpaired) electrons. The summed E-state index contributed by atoms with van der Waals surface area (Å²) in [5.41, 5.74) is 4.59. The Labute approximate surface area is 129 Å². The lowest BCUT2D eigenvalue weighted by Gasteiger charge is -2.08. The molecule has 0 aliphatic heterocycles. The number of carbonyl (C=O) groups excluding carboxylic acids is 1. The summed E-state index contributed by atoms with van der Waals surface area (Å²) in [7, 11) is 0. The van der Waals surface area contributed by atoms with E-state index in [9.17, 15) is 4.79 Å². The first-order valence-electron chi connectivity index (χ1n) is 7.32. The van der Waals surface area contributed by atoms with Gasteiger partial charge in [0, 0.05) is 17.1 Å². The summed E-state index contributed by atoms with van der Waals surface area (Å²) in [6, 6.07) is 15.8. The van der Waals surface area contributed by atoms with Gasteiger partial charge in [-0.25, -0.2) is 4.79 Å². The third kappa shape index (κ3) is 2.70. The minimum Gasteiger partial charge on any atom is -0.462 e. The number of rotatable bonds is 3. The number of pyridine rings is 1. The highest BCUT2D eigenvalue weighted by molar-refractivity contribution is 5.96. The van der Waals surface area contributed by atoms with Crippen LogP contribution in [-0.4, -0.2) is 17.6 Å². The van der Waals surface area contributed by atoms with Gasteiger partial charge >= 0.3 is 5.97 Å². The Morgan fingerprint density at radius 1 is 1.09 bits per heavy atom. The van der Waals surface area contributed by atoms with Crippen LogP contribution in [0.2, 0.25) is 0 Å². The van der Waals surface area contributed by atoms with Crippen LogP contribution >= 0.6 is 0 Å². The first-order valence-corrected chi connectivity index (χ1v) is 7.32. The molecule has 0 N–H and O–H groups in total. The number of ether oxygens (including phenoxy) is 1. The zero-order chi connectivity index (χ0) is 15.5. The van der Waals surface area contributed by atoms with E-state index in [1.165, 1.54) is 0 Å². The Balaban J connectivity index is 2.12. The van der Waals surface area contributed by atoms with E-state index in [1.807, 2.05) is 55.6 Å². The van der Waals surface area contributed by atoms with Crippen molar-refractivity contribution in [1.29, 1.82) is 0 Å². The molecule has 3 aromatic rings. The molecule has 3 heteroatoms. The van der Waals surface area contributed by atoms with E-state index in [0.29, 0.717) is 12.2 Å². The monoisotopic (exact) mass is 291 g/mol. The Hall–Kier alpha value is -2.68. The molecule has 0 aliphatic carbocycles. The lowest BCUT2D eigenvalue weighted by molar-refractivity contribution is 0.0526. The summed E-state index contributed by atoms with van der Waals surface area (Å²) in [6.07, 6.45) is 1.87. The fourth-order valence-electron chi connectivity index (χ4n) is 2.55. The number of hydrogen-bond acceptors (Lipinski definition) is 3. The minimum atomic E-state index is -0.294. The standard InChI is InChI=1S/C19H17NO2/c1-3-22-19(21)16-9-13(2)18-15(10-16)11-17(12-20-18)14-7-5-4-6-8-14/h4-12H,3H2,1-2H3. The summed E-state index contributed by atoms with van der Waals surface area (Å²) < 4.78 is 5.09. The second-order valence-corrected chi connectivity index (χ2v) is 5.18. The molecule has 0 saturated heterocycles. The van der Waals surface area contributed by atoms with Gasteiger partial charge in [-0.2, -0.15) is 0 Å². The van der Waals surface area contributed by atoms with Crippen LogP contribution in [0.3, 0.4) is 0 Å². The lowest BCUT2D eigenvalue weighted by Crippen LogP contribution is -2.05. The van der Waals surface area contributed by atoms with Gasteiger partial charge in [0.15, 0.2) is 0 Å². The molecule has 0 bridgehead atoms. The number of benzene rings is 2. The van der Waals surface area contributed by atoms with E-state index in [2.05, 4.69) is 11.1 Å². The summed E-state index contributed by atoms with van der Waals surface area (Å²) in [5, 5.41) is 0.949. The molecule has 0 spiro atoms. The van der Waals surface area contributed by atoms with Crippen LogP contribution < -0.4 is 0 Å². The number of aryl methyl sites for hydroxylation is 1. The number of aromatic nitrogens is 1. The van der Waals surface area contributed by atoms with Crippen LogP contribution in [0, 0.1) is 6.92 Å². The van der Waals surface area contributed by atoms with Crippen molar-refractivity contribution in [2.45, 2.75) is 13.8 Å². The second kappa shape index (κ2) is 5.98. The molecular weight excluding hydrogens is 274 g/mol. The van der Waals surface area contributed by atoms with E-state index in [0.717, 1.165) is 27.6 Å². The second-order valence-electron chi connectivity index (χ2n) is 5.18. The first kappa shape index (κ1) is 14.3. The van der Waals surface area contributed by atoms with E-state index in [-0.39, 0.29) is 5.97 Å². The van der Waals surface area contributed by atoms with Crippen molar-refractivity contribution >= 4 is 16.9 Å². The summed E-state index contributed by atoms with van der Waals surface area (Å²) in [4.78, 5) is 16.5. The molecule has 0 saturated carbocycles. The normalized spacial score (nSPS) is 10.6. The van der Waals surface area contributed by atoms with Gasteiger partial charge in [0.05, 0.1) is 17.7 Å². The number of hydrogen-bond donors (Lipinski definition) is 0. The van der Waals surface area contributed by atoms with Crippen molar-refractivity contribution in [3.63, 3.8) is 0 Å². The first-order chi connectivity index (χ1) is 10.7. The zero-order valence-corrected chi connectivity index (χ0v) is 12.7. The highest BCUT2D eigenvalue weighted by Gasteiger charge is 2.11. The van der Waals surface area contributed by atoms with Crippen molar-refractivity contribution in [2.24, 2.45) is 0 Å². The third-order valence-corrected chi connectivity index (χ3v) is 3.59. The van der Waals surface area contributed by atoms with Crippen LogP contribution in [0.25, 0.3) is 22.0 Å². The molecule has 110 valence electrons. The molecular formula is C19H17NO2. The van der Waals surface area contributed by atoms with Crippen LogP contribution in [0.15, 0.2) is 54.7 Å². The molecule has 3 nitrogen and oxygen atoms in total. The highest BCUT2D eigenvalue weighted by atomic mass is 16.5. The summed E-state index contributed by atoms with van der Waals surface area (Å²) in [5.74, 6) is -0.294. The predicted molar refractivity (Wildman–Crippen MR) is 87.9 cm³/mol. The number of carbonyl (C=O) groups is 1. The highest BCUT2D eigenvalue weighted by Crippen LogP contribution is 2.25. The Morgan fingerprint density at radius 3 is 2.59 bits per heavy atom. The molecule has 3 rings (SSSR count). The SMILES string of the molecule is CCOC(=O)c1cc(C)c2ncc(-c3ccccc3)cc2c1. The van der Waals surface area contributed by atoms with E-state index in [1.54, 1.807) is 6.92 Å². The number of esters is 1. The average Bonchev–Trinajstić information content (AvgIpc) is 2.55. The molecule has 1 heterocycles. The number of nitrogens with zero attached hydrogens (tertiary/aromatic N) is 1. The van der Waals surface area contributed by atoms with Crippen LogP contribution in [-0.2, 0) is 4.74 Å². The summed E-state index contributed by atoms with van der Waals surface area (Å²) >= 11 is 0. The molecule has 0 amide bonds. The van der Waals surface area contributed by atoms with Gasteiger partial charge < -0.3 is 4.74 Å². The van der Waals surface area contributed by atoms with Crippen LogP contribution in [0.4, 0.5) is 0 Å². The maximum Gasteiger partial charge on any atom is 0.338 e. The Morgan fingerprint density at radius 2 is 1.86 bits per heavy atom. The quantitative estimate of drug-likeness (QED) is 0.672. The maximum absolute atomic E-state index is 12.0. The topological polar surface area (TPSA) is 39.2 Å². The van der Waals surface area contributed by atoms with E-state index >= 15 is 0 Å². The molecule has 0 aliphatic rings. The zero-order valence-electron chi connectivity index (χ0n) is 12.7. The fourth-order valence-corrected chi connectivity index (χ4v) is 2.55. The van der Waals surface area contributed by atoms with E-state index < -0.39 is 0 Å². The predicted octanol–water partition coefficient (Wildman–Crippen LogP) is 4.39. The van der Waals surface area contributed by atoms with Crippen molar-refractivity contribution < 1.29 is 9.53 Å². The third-order valence-electron chi connectivity index (χ3n) is 3.59. The van der Waals surface area contributed by atoms with Gasteiger partial charge in [-0.05, 0) is 43.2 Å². The van der Waals surface area contributed by atoms with Gasteiger partial charge in [-0.15, -0.1) is 0 Å². The molecule has 0 unspecified atom stereocenters. The largest absolute Gasteiger partial charge is 0.462 e. The lowest BCUT2D eigenvalue weighted by atomic mass is 10.0. The number of fused-ring (bicyclic) bond motifs is 1. The molecule has 0 atom stereocenters. The van der Waals surface area contributed by atoms with Crippen LogP contribution in [0.5, 0.6) is 0 Å². The smallest absolute Gasteiger partial charge is 0.338 e. The molecule has 1 aromatic heterocycles. The van der Waals surface area contributed by atoms with Gasteiger partial charge in [-0.3, -0.25) is 4.98 Å². The van der Waals surface area contributed by atoms with Crippen molar-refractivity contribution in [1.82, 2.24) is 4.98 Å². The van der Waals surface area contributed by atoms with Crippen molar-refractivity contribution in [3.05, 3.63) is 65.9 Å². The maximum atomic E-state index is 12.0. The van der Waals surface area contributed by atoms with Gasteiger partial charge in [-0.1, -0.05) is 30.3 Å². The van der Waals surface area contributed by atoms with Crippen molar-refractivity contribution in [2.75, 3.05) is 6.61 Å². The minimum absolute atomic E-state index is 0.294. The fraction of sp³-hybridized carbons (Fsp3) is 0.158. The van der Waals surface area contributed by atoms with E-state index in [4.69, 9.17) is 4.74 Å². The van der Waals surface area contributed by atoms with Crippen LogP contribution in [0.1, 0.15) is 22.8 Å². The van der Waals surface area contributed by atoms with Gasteiger partial charge in [0.25, 0.3) is 0 Å². The molecule has 22 heavy (non-hydrogen) atoms. The molecule has 2 aromatic carbocycles.